The molecule has 3 aromatic heterocycles. The SMILES string of the molecule is C1=Cc2c(n(-c3cc4ccccc4c4ccccc34)c3ccc(-c4ccc5c(c4)c4ccccc4n5-c4ccc(-n5c6ccccc6c6ccccc65)cc4)cc23)CC1. The van der Waals surface area contributed by atoms with E-state index in [1.165, 1.54) is 104 Å². The van der Waals surface area contributed by atoms with E-state index in [1.807, 2.05) is 0 Å². The Morgan fingerprint density at radius 3 is 1.44 bits per heavy atom. The van der Waals surface area contributed by atoms with Crippen LogP contribution in [0.2, 0.25) is 0 Å². The average molecular weight is 752 g/mol. The van der Waals surface area contributed by atoms with Crippen molar-refractivity contribution in [3.05, 3.63) is 205 Å². The number of benzene rings is 9. The van der Waals surface area contributed by atoms with E-state index in [0.717, 1.165) is 24.2 Å². The zero-order valence-corrected chi connectivity index (χ0v) is 32.3. The third-order valence-electron chi connectivity index (χ3n) is 12.9. The fourth-order valence-electron chi connectivity index (χ4n) is 10.3. The van der Waals surface area contributed by atoms with Crippen molar-refractivity contribution in [3.63, 3.8) is 0 Å². The molecule has 0 radical (unpaired) electrons. The van der Waals surface area contributed by atoms with Gasteiger partial charge in [-0.05, 0) is 113 Å². The van der Waals surface area contributed by atoms with Crippen molar-refractivity contribution in [2.75, 3.05) is 0 Å². The summed E-state index contributed by atoms with van der Waals surface area (Å²) in [6.45, 7) is 0. The van der Waals surface area contributed by atoms with Crippen LogP contribution in [0.15, 0.2) is 194 Å². The highest BCUT2D eigenvalue weighted by Crippen LogP contribution is 2.41. The molecule has 13 rings (SSSR count). The summed E-state index contributed by atoms with van der Waals surface area (Å²) >= 11 is 0. The monoisotopic (exact) mass is 751 g/mol. The second-order valence-corrected chi connectivity index (χ2v) is 16.0. The smallest absolute Gasteiger partial charge is 0.0543 e. The van der Waals surface area contributed by atoms with Crippen LogP contribution >= 0.6 is 0 Å². The summed E-state index contributed by atoms with van der Waals surface area (Å²) in [6.07, 6.45) is 6.76. The highest BCUT2D eigenvalue weighted by atomic mass is 15.0. The summed E-state index contributed by atoms with van der Waals surface area (Å²) in [5.41, 5.74) is 14.9. The molecule has 3 heterocycles. The molecule has 0 aliphatic heterocycles. The Bertz CT molecular complexity index is 3670. The molecule has 276 valence electrons. The number of hydrogen-bond acceptors (Lipinski definition) is 0. The van der Waals surface area contributed by atoms with Gasteiger partial charge in [0.1, 0.15) is 0 Å². The van der Waals surface area contributed by atoms with Gasteiger partial charge in [-0.3, -0.25) is 0 Å². The van der Waals surface area contributed by atoms with Crippen LogP contribution in [0.3, 0.4) is 0 Å². The number of rotatable bonds is 4. The summed E-state index contributed by atoms with van der Waals surface area (Å²) in [5, 5.41) is 11.5. The fraction of sp³-hybridized carbons (Fsp3) is 0.0357. The number of allylic oxidation sites excluding steroid dienone is 1. The average Bonchev–Trinajstić information content (AvgIpc) is 3.94. The van der Waals surface area contributed by atoms with E-state index in [-0.39, 0.29) is 0 Å². The Balaban J connectivity index is 0.949. The van der Waals surface area contributed by atoms with E-state index in [0.29, 0.717) is 0 Å². The third-order valence-corrected chi connectivity index (χ3v) is 12.9. The Hall–Kier alpha value is -7.62. The lowest BCUT2D eigenvalue weighted by Gasteiger charge is -2.17. The minimum atomic E-state index is 1.02. The first kappa shape index (κ1) is 32.5. The Morgan fingerprint density at radius 1 is 0.339 bits per heavy atom. The molecule has 0 saturated heterocycles. The molecule has 12 aromatic rings. The van der Waals surface area contributed by atoms with Crippen LogP contribution in [0, 0.1) is 0 Å². The molecule has 1 aliphatic rings. The summed E-state index contributed by atoms with van der Waals surface area (Å²) in [7, 11) is 0. The Labute approximate surface area is 340 Å². The van der Waals surface area contributed by atoms with Gasteiger partial charge in [0, 0.05) is 54.9 Å². The van der Waals surface area contributed by atoms with Crippen molar-refractivity contribution in [1.82, 2.24) is 13.7 Å². The lowest BCUT2D eigenvalue weighted by atomic mass is 9.98. The van der Waals surface area contributed by atoms with Crippen molar-refractivity contribution < 1.29 is 0 Å². The van der Waals surface area contributed by atoms with Gasteiger partial charge in [-0.1, -0.05) is 127 Å². The number of fused-ring (bicyclic) bond motifs is 12. The quantitative estimate of drug-likeness (QED) is 0.159. The Kier molecular flexibility index (Phi) is 6.84. The maximum Gasteiger partial charge on any atom is 0.0543 e. The highest BCUT2D eigenvalue weighted by molar-refractivity contribution is 6.13. The van der Waals surface area contributed by atoms with Crippen LogP contribution in [-0.4, -0.2) is 13.7 Å². The van der Waals surface area contributed by atoms with Crippen LogP contribution in [0.5, 0.6) is 0 Å². The molecule has 0 saturated carbocycles. The summed E-state index contributed by atoms with van der Waals surface area (Å²) in [4.78, 5) is 0. The molecule has 59 heavy (non-hydrogen) atoms. The number of para-hydroxylation sites is 3. The first-order valence-corrected chi connectivity index (χ1v) is 20.7. The van der Waals surface area contributed by atoms with Gasteiger partial charge in [0.15, 0.2) is 0 Å². The Morgan fingerprint density at radius 2 is 0.814 bits per heavy atom. The van der Waals surface area contributed by atoms with Crippen molar-refractivity contribution in [1.29, 1.82) is 0 Å². The molecular weight excluding hydrogens is 715 g/mol. The molecule has 0 fully saturated rings. The minimum Gasteiger partial charge on any atom is -0.312 e. The van der Waals surface area contributed by atoms with Crippen molar-refractivity contribution in [2.24, 2.45) is 0 Å². The third kappa shape index (κ3) is 4.70. The minimum absolute atomic E-state index is 1.02. The van der Waals surface area contributed by atoms with E-state index < -0.39 is 0 Å². The van der Waals surface area contributed by atoms with E-state index in [2.05, 4.69) is 214 Å². The predicted molar refractivity (Wildman–Crippen MR) is 250 cm³/mol. The van der Waals surface area contributed by atoms with Gasteiger partial charge in [-0.15, -0.1) is 0 Å². The number of nitrogens with zero attached hydrogens (tertiary/aromatic N) is 3. The van der Waals surface area contributed by atoms with E-state index in [4.69, 9.17) is 0 Å². The lowest BCUT2D eigenvalue weighted by Crippen LogP contribution is -2.04. The maximum absolute atomic E-state index is 2.55. The normalized spacial score (nSPS) is 12.9. The molecule has 0 N–H and O–H groups in total. The summed E-state index contributed by atoms with van der Waals surface area (Å²) in [6, 6.07) is 69.5. The largest absolute Gasteiger partial charge is 0.312 e. The molecule has 9 aromatic carbocycles. The molecule has 0 spiro atoms. The highest BCUT2D eigenvalue weighted by Gasteiger charge is 2.22. The molecule has 3 heteroatoms. The first-order valence-electron chi connectivity index (χ1n) is 20.7. The molecule has 3 nitrogen and oxygen atoms in total. The van der Waals surface area contributed by atoms with Gasteiger partial charge in [0.2, 0.25) is 0 Å². The van der Waals surface area contributed by atoms with E-state index in [9.17, 15) is 0 Å². The van der Waals surface area contributed by atoms with Crippen LogP contribution < -0.4 is 0 Å². The van der Waals surface area contributed by atoms with Gasteiger partial charge in [-0.2, -0.15) is 0 Å². The second kappa shape index (κ2) is 12.4. The number of aromatic nitrogens is 3. The van der Waals surface area contributed by atoms with Crippen molar-refractivity contribution >= 4 is 82.1 Å². The standard InChI is InChI=1S/C56H37N3/c1-2-14-41-38(13-1)35-56(43-16-4-3-15-42(41)43)59-53-24-12-8-20-47(53)49-34-37(26-32-55(49)59)36-25-31-54-48(33-36)46-19-7-11-23-52(46)58(54)40-29-27-39(28-30-40)57-50-21-9-5-17-44(50)45-18-6-10-22-51(45)57/h1-11,13-23,25-35H,12,24H2. The fourth-order valence-corrected chi connectivity index (χ4v) is 10.3. The number of hydrogen-bond donors (Lipinski definition) is 0. The summed E-state index contributed by atoms with van der Waals surface area (Å²) in [5.74, 6) is 0. The second-order valence-electron chi connectivity index (χ2n) is 16.0. The maximum atomic E-state index is 2.55. The summed E-state index contributed by atoms with van der Waals surface area (Å²) < 4.78 is 7.35. The van der Waals surface area contributed by atoms with Crippen molar-refractivity contribution in [2.45, 2.75) is 12.8 Å². The molecule has 0 atom stereocenters. The van der Waals surface area contributed by atoms with Crippen molar-refractivity contribution in [3.8, 4) is 28.2 Å². The zero-order valence-electron chi connectivity index (χ0n) is 32.3. The van der Waals surface area contributed by atoms with Crippen LogP contribution in [0.25, 0.3) is 110 Å². The predicted octanol–water partition coefficient (Wildman–Crippen LogP) is 14.8. The molecule has 1 aliphatic carbocycles. The molecule has 0 amide bonds. The molecular formula is C56H37N3. The van der Waals surface area contributed by atoms with Gasteiger partial charge in [-0.25, -0.2) is 0 Å². The van der Waals surface area contributed by atoms with E-state index in [1.54, 1.807) is 0 Å². The van der Waals surface area contributed by atoms with Crippen LogP contribution in [0.1, 0.15) is 17.7 Å². The zero-order chi connectivity index (χ0) is 38.6. The van der Waals surface area contributed by atoms with Gasteiger partial charge < -0.3 is 13.7 Å². The molecule has 0 bridgehead atoms. The van der Waals surface area contributed by atoms with Crippen LogP contribution in [-0.2, 0) is 6.42 Å². The van der Waals surface area contributed by atoms with Gasteiger partial charge in [0.25, 0.3) is 0 Å². The van der Waals surface area contributed by atoms with Crippen LogP contribution in [0.4, 0.5) is 0 Å². The molecule has 0 unspecified atom stereocenters. The lowest BCUT2D eigenvalue weighted by molar-refractivity contribution is 0.892. The topological polar surface area (TPSA) is 14.8 Å². The van der Waals surface area contributed by atoms with Gasteiger partial charge in [0.05, 0.1) is 33.3 Å². The van der Waals surface area contributed by atoms with E-state index >= 15 is 0 Å². The van der Waals surface area contributed by atoms with Gasteiger partial charge >= 0.3 is 0 Å². The first-order chi connectivity index (χ1) is 29.3.